The van der Waals surface area contributed by atoms with E-state index in [2.05, 4.69) is 5.32 Å². The molecule has 3 rings (SSSR count). The minimum Gasteiger partial charge on any atom is -0.444 e. The number of likely N-dealkylation sites (tertiary alicyclic amines) is 1. The van der Waals surface area contributed by atoms with E-state index >= 15 is 0 Å². The SMILES string of the molecule is CC(C)(C)OC(=O)N1CCC(N2C(=O)C(C)(C)Nc3ccccc32)CC1. The van der Waals surface area contributed by atoms with Crippen molar-refractivity contribution >= 4 is 23.4 Å². The molecule has 6 nitrogen and oxygen atoms in total. The number of nitrogens with one attached hydrogen (secondary N) is 1. The monoisotopic (exact) mass is 359 g/mol. The lowest BCUT2D eigenvalue weighted by Crippen LogP contribution is -2.59. The predicted octanol–water partition coefficient (Wildman–Crippen LogP) is 3.62. The first-order chi connectivity index (χ1) is 12.1. The molecule has 0 bridgehead atoms. The van der Waals surface area contributed by atoms with Gasteiger partial charge < -0.3 is 19.9 Å². The van der Waals surface area contributed by atoms with Gasteiger partial charge in [-0.1, -0.05) is 12.1 Å². The highest BCUT2D eigenvalue weighted by Crippen LogP contribution is 2.38. The quantitative estimate of drug-likeness (QED) is 0.832. The lowest BCUT2D eigenvalue weighted by Gasteiger charge is -2.45. The molecule has 2 aliphatic rings. The van der Waals surface area contributed by atoms with Crippen LogP contribution in [0, 0.1) is 0 Å². The highest BCUT2D eigenvalue weighted by Gasteiger charge is 2.42. The second-order valence-corrected chi connectivity index (χ2v) is 8.64. The molecule has 142 valence electrons. The van der Waals surface area contributed by atoms with Crippen LogP contribution in [0.1, 0.15) is 47.5 Å². The van der Waals surface area contributed by atoms with E-state index in [0.29, 0.717) is 13.1 Å². The van der Waals surface area contributed by atoms with Crippen LogP contribution in [0.15, 0.2) is 24.3 Å². The zero-order chi connectivity index (χ0) is 19.1. The summed E-state index contributed by atoms with van der Waals surface area (Å²) in [7, 11) is 0. The van der Waals surface area contributed by atoms with E-state index < -0.39 is 11.1 Å². The number of ether oxygens (including phenoxy) is 1. The topological polar surface area (TPSA) is 61.9 Å². The van der Waals surface area contributed by atoms with Crippen molar-refractivity contribution in [2.24, 2.45) is 0 Å². The minimum atomic E-state index is -0.642. The second-order valence-electron chi connectivity index (χ2n) is 8.64. The fourth-order valence-corrected chi connectivity index (χ4v) is 3.59. The number of anilines is 2. The Morgan fingerprint density at radius 2 is 1.81 bits per heavy atom. The molecule has 2 heterocycles. The van der Waals surface area contributed by atoms with Gasteiger partial charge in [0, 0.05) is 19.1 Å². The van der Waals surface area contributed by atoms with E-state index in [1.165, 1.54) is 0 Å². The second kappa shape index (κ2) is 6.49. The third-order valence-electron chi connectivity index (χ3n) is 4.85. The maximum absolute atomic E-state index is 13.1. The molecule has 1 fully saturated rings. The standard InChI is InChI=1S/C20H29N3O3/c1-19(2,3)26-18(25)22-12-10-14(11-13-22)23-16-9-7-6-8-15(16)21-20(4,5)17(23)24/h6-9,14,21H,10-13H2,1-5H3. The van der Waals surface area contributed by atoms with Crippen LogP contribution in [0.25, 0.3) is 0 Å². The van der Waals surface area contributed by atoms with Gasteiger partial charge in [0.05, 0.1) is 11.4 Å². The van der Waals surface area contributed by atoms with Crippen molar-refractivity contribution in [3.8, 4) is 0 Å². The number of benzene rings is 1. The number of carbonyl (C=O) groups excluding carboxylic acids is 2. The number of nitrogens with zero attached hydrogens (tertiary/aromatic N) is 2. The molecule has 0 aliphatic carbocycles. The molecule has 1 aromatic carbocycles. The van der Waals surface area contributed by atoms with Gasteiger partial charge >= 0.3 is 6.09 Å². The van der Waals surface area contributed by atoms with Crippen molar-refractivity contribution in [2.75, 3.05) is 23.3 Å². The van der Waals surface area contributed by atoms with Gasteiger partial charge in [0.2, 0.25) is 0 Å². The maximum Gasteiger partial charge on any atom is 0.410 e. The molecule has 1 N–H and O–H groups in total. The van der Waals surface area contributed by atoms with E-state index in [4.69, 9.17) is 4.74 Å². The van der Waals surface area contributed by atoms with Crippen LogP contribution in [0.4, 0.5) is 16.2 Å². The number of carbonyl (C=O) groups is 2. The summed E-state index contributed by atoms with van der Waals surface area (Å²) in [5, 5.41) is 3.33. The van der Waals surface area contributed by atoms with Gasteiger partial charge in [-0.15, -0.1) is 0 Å². The third kappa shape index (κ3) is 3.64. The van der Waals surface area contributed by atoms with Crippen LogP contribution in [0.5, 0.6) is 0 Å². The number of piperidine rings is 1. The van der Waals surface area contributed by atoms with Crippen LogP contribution >= 0.6 is 0 Å². The Hall–Kier alpha value is -2.24. The van der Waals surface area contributed by atoms with Crippen molar-refractivity contribution in [2.45, 2.75) is 64.6 Å². The summed E-state index contributed by atoms with van der Waals surface area (Å²) in [6.45, 7) is 10.6. The number of amides is 2. The van der Waals surface area contributed by atoms with Crippen LogP contribution in [0.3, 0.4) is 0 Å². The van der Waals surface area contributed by atoms with Gasteiger partial charge in [-0.05, 0) is 59.6 Å². The molecule has 26 heavy (non-hydrogen) atoms. The molecule has 6 heteroatoms. The summed E-state index contributed by atoms with van der Waals surface area (Å²) in [4.78, 5) is 29.0. The number of fused-ring (bicyclic) bond motifs is 1. The smallest absolute Gasteiger partial charge is 0.410 e. The van der Waals surface area contributed by atoms with E-state index in [9.17, 15) is 9.59 Å². The highest BCUT2D eigenvalue weighted by molar-refractivity contribution is 6.07. The van der Waals surface area contributed by atoms with Gasteiger partial charge in [0.15, 0.2) is 0 Å². The number of hydrogen-bond donors (Lipinski definition) is 1. The van der Waals surface area contributed by atoms with Gasteiger partial charge in [-0.25, -0.2) is 4.79 Å². The average Bonchev–Trinajstić information content (AvgIpc) is 2.54. The number of rotatable bonds is 1. The van der Waals surface area contributed by atoms with E-state index in [0.717, 1.165) is 24.2 Å². The zero-order valence-electron chi connectivity index (χ0n) is 16.3. The molecule has 0 spiro atoms. The predicted molar refractivity (Wildman–Crippen MR) is 102 cm³/mol. The normalized spacial score (nSPS) is 20.4. The molecule has 2 aliphatic heterocycles. The van der Waals surface area contributed by atoms with Crippen molar-refractivity contribution in [3.05, 3.63) is 24.3 Å². The Morgan fingerprint density at radius 1 is 1.19 bits per heavy atom. The van der Waals surface area contributed by atoms with Crippen LogP contribution < -0.4 is 10.2 Å². The van der Waals surface area contributed by atoms with Gasteiger partial charge in [-0.2, -0.15) is 0 Å². The van der Waals surface area contributed by atoms with Gasteiger partial charge in [0.25, 0.3) is 5.91 Å². The van der Waals surface area contributed by atoms with Gasteiger partial charge in [-0.3, -0.25) is 4.79 Å². The first-order valence-electron chi connectivity index (χ1n) is 9.27. The molecule has 0 atom stereocenters. The number of para-hydroxylation sites is 2. The zero-order valence-corrected chi connectivity index (χ0v) is 16.3. The Kier molecular flexibility index (Phi) is 4.63. The first kappa shape index (κ1) is 18.5. The summed E-state index contributed by atoms with van der Waals surface area (Å²) < 4.78 is 5.46. The fourth-order valence-electron chi connectivity index (χ4n) is 3.59. The number of hydrogen-bond acceptors (Lipinski definition) is 4. The summed E-state index contributed by atoms with van der Waals surface area (Å²) in [6.07, 6.45) is 1.22. The van der Waals surface area contributed by atoms with Crippen LogP contribution in [-0.2, 0) is 9.53 Å². The molecule has 2 amide bonds. The maximum atomic E-state index is 13.1. The van der Waals surface area contributed by atoms with Crippen molar-refractivity contribution in [3.63, 3.8) is 0 Å². The summed E-state index contributed by atoms with van der Waals surface area (Å²) in [6, 6.07) is 8.00. The highest BCUT2D eigenvalue weighted by atomic mass is 16.6. The largest absolute Gasteiger partial charge is 0.444 e. The summed E-state index contributed by atoms with van der Waals surface area (Å²) in [5.74, 6) is 0.0759. The Labute approximate surface area is 155 Å². The first-order valence-corrected chi connectivity index (χ1v) is 9.27. The Morgan fingerprint density at radius 3 is 2.42 bits per heavy atom. The van der Waals surface area contributed by atoms with Crippen LogP contribution in [0.2, 0.25) is 0 Å². The molecule has 0 unspecified atom stereocenters. The van der Waals surface area contributed by atoms with E-state index in [-0.39, 0.29) is 18.0 Å². The Balaban J connectivity index is 1.75. The summed E-state index contributed by atoms with van der Waals surface area (Å²) in [5.41, 5.74) is 0.765. The lowest BCUT2D eigenvalue weighted by atomic mass is 9.93. The molecular formula is C20H29N3O3. The molecule has 1 aromatic rings. The minimum absolute atomic E-state index is 0.0759. The molecule has 0 aromatic heterocycles. The third-order valence-corrected chi connectivity index (χ3v) is 4.85. The van der Waals surface area contributed by atoms with E-state index in [1.54, 1.807) is 4.90 Å². The average molecular weight is 359 g/mol. The molecule has 0 radical (unpaired) electrons. The van der Waals surface area contributed by atoms with Crippen molar-refractivity contribution < 1.29 is 14.3 Å². The molecule has 0 saturated carbocycles. The van der Waals surface area contributed by atoms with Crippen LogP contribution in [-0.4, -0.2) is 47.2 Å². The van der Waals surface area contributed by atoms with Crippen molar-refractivity contribution in [1.82, 2.24) is 4.90 Å². The van der Waals surface area contributed by atoms with Crippen molar-refractivity contribution in [1.29, 1.82) is 0 Å². The van der Waals surface area contributed by atoms with Gasteiger partial charge in [0.1, 0.15) is 11.1 Å². The summed E-state index contributed by atoms with van der Waals surface area (Å²) >= 11 is 0. The molecular weight excluding hydrogens is 330 g/mol. The van der Waals surface area contributed by atoms with E-state index in [1.807, 2.05) is 63.8 Å². The fraction of sp³-hybridized carbons (Fsp3) is 0.600. The Bertz CT molecular complexity index is 700. The molecule has 1 saturated heterocycles. The lowest BCUT2D eigenvalue weighted by molar-refractivity contribution is -0.122.